The van der Waals surface area contributed by atoms with Crippen LogP contribution >= 0.6 is 0 Å². The number of carbonyl (C=O) groups is 1. The average Bonchev–Trinajstić information content (AvgIpc) is 2.52. The maximum Gasteiger partial charge on any atom is 0.261 e. The quantitative estimate of drug-likeness (QED) is 0.471. The molecule has 0 fully saturated rings. The largest absolute Gasteiger partial charge is 0.382 e. The van der Waals surface area contributed by atoms with Gasteiger partial charge < -0.3 is 10.1 Å². The molecule has 0 spiro atoms. The van der Waals surface area contributed by atoms with Crippen molar-refractivity contribution >= 4 is 12.0 Å². The van der Waals surface area contributed by atoms with Crippen LogP contribution in [0.1, 0.15) is 24.5 Å². The lowest BCUT2D eigenvalue weighted by Gasteiger charge is -2.04. The minimum atomic E-state index is -0.404. The van der Waals surface area contributed by atoms with Crippen molar-refractivity contribution in [2.75, 3.05) is 19.8 Å². The van der Waals surface area contributed by atoms with Gasteiger partial charge in [0.2, 0.25) is 0 Å². The van der Waals surface area contributed by atoms with Crippen LogP contribution in [0.4, 0.5) is 0 Å². The molecular weight excluding hydrogens is 266 g/mol. The number of nitrogens with one attached hydrogen (secondary N) is 1. The summed E-state index contributed by atoms with van der Waals surface area (Å²) in [6, 6.07) is 10.6. The molecule has 0 saturated carbocycles. The van der Waals surface area contributed by atoms with Crippen molar-refractivity contribution in [3.8, 4) is 12.1 Å². The topological polar surface area (TPSA) is 85.9 Å². The first-order valence-electron chi connectivity index (χ1n) is 6.69. The predicted molar refractivity (Wildman–Crippen MR) is 78.9 cm³/mol. The second kappa shape index (κ2) is 9.30. The second-order valence-corrected chi connectivity index (χ2v) is 4.21. The van der Waals surface area contributed by atoms with Crippen LogP contribution in [0.2, 0.25) is 0 Å². The molecule has 1 N–H and O–H groups in total. The number of benzene rings is 1. The molecule has 0 aliphatic rings. The van der Waals surface area contributed by atoms with Crippen molar-refractivity contribution in [2.24, 2.45) is 0 Å². The van der Waals surface area contributed by atoms with Crippen molar-refractivity contribution < 1.29 is 9.53 Å². The Morgan fingerprint density at radius 1 is 1.33 bits per heavy atom. The van der Waals surface area contributed by atoms with Crippen molar-refractivity contribution in [1.29, 1.82) is 10.5 Å². The number of hydrogen-bond acceptors (Lipinski definition) is 4. The predicted octanol–water partition coefficient (Wildman–Crippen LogP) is 2.01. The van der Waals surface area contributed by atoms with Gasteiger partial charge in [0.1, 0.15) is 11.6 Å². The normalized spacial score (nSPS) is 10.5. The van der Waals surface area contributed by atoms with Crippen molar-refractivity contribution in [2.45, 2.75) is 13.3 Å². The Morgan fingerprint density at radius 3 is 2.62 bits per heavy atom. The zero-order valence-corrected chi connectivity index (χ0v) is 11.9. The minimum Gasteiger partial charge on any atom is -0.382 e. The molecule has 21 heavy (non-hydrogen) atoms. The van der Waals surface area contributed by atoms with Gasteiger partial charge in [0, 0.05) is 19.8 Å². The van der Waals surface area contributed by atoms with Crippen molar-refractivity contribution in [3.63, 3.8) is 0 Å². The molecule has 1 amide bonds. The first kappa shape index (κ1) is 16.4. The Labute approximate surface area is 124 Å². The highest BCUT2D eigenvalue weighted by atomic mass is 16.5. The van der Waals surface area contributed by atoms with E-state index in [1.54, 1.807) is 24.3 Å². The van der Waals surface area contributed by atoms with E-state index >= 15 is 0 Å². The van der Waals surface area contributed by atoms with Crippen molar-refractivity contribution in [3.05, 3.63) is 41.0 Å². The Kier molecular flexibility index (Phi) is 7.28. The van der Waals surface area contributed by atoms with Gasteiger partial charge in [0.15, 0.2) is 0 Å². The number of ether oxygens (including phenoxy) is 1. The summed E-state index contributed by atoms with van der Waals surface area (Å²) < 4.78 is 5.16. The maximum atomic E-state index is 11.8. The van der Waals surface area contributed by atoms with E-state index in [0.717, 1.165) is 0 Å². The van der Waals surface area contributed by atoms with E-state index in [1.165, 1.54) is 6.08 Å². The molecule has 0 unspecified atom stereocenters. The number of hydrogen-bond donors (Lipinski definition) is 1. The molecule has 0 heterocycles. The Hall–Kier alpha value is -2.63. The molecule has 1 aromatic carbocycles. The summed E-state index contributed by atoms with van der Waals surface area (Å²) in [7, 11) is 0. The van der Waals surface area contributed by atoms with Gasteiger partial charge in [0.25, 0.3) is 5.91 Å². The first-order valence-corrected chi connectivity index (χ1v) is 6.69. The lowest BCUT2D eigenvalue weighted by Crippen LogP contribution is -2.26. The van der Waals surface area contributed by atoms with Crippen LogP contribution < -0.4 is 5.32 Å². The van der Waals surface area contributed by atoms with Gasteiger partial charge in [-0.15, -0.1) is 0 Å². The average molecular weight is 283 g/mol. The Morgan fingerprint density at radius 2 is 2.05 bits per heavy atom. The Bertz CT molecular complexity index is 577. The summed E-state index contributed by atoms with van der Waals surface area (Å²) in [5.41, 5.74) is 1.28. The molecule has 0 saturated heterocycles. The zero-order valence-electron chi connectivity index (χ0n) is 11.9. The fraction of sp³-hybridized carbons (Fsp3) is 0.312. The van der Waals surface area contributed by atoms with Gasteiger partial charge in [-0.2, -0.15) is 10.5 Å². The number of carbonyl (C=O) groups excluding carboxylic acids is 1. The van der Waals surface area contributed by atoms with Crippen LogP contribution in [-0.4, -0.2) is 25.7 Å². The van der Waals surface area contributed by atoms with Crippen molar-refractivity contribution in [1.82, 2.24) is 5.32 Å². The van der Waals surface area contributed by atoms with E-state index in [4.69, 9.17) is 15.3 Å². The number of nitrogens with zero attached hydrogens (tertiary/aromatic N) is 2. The van der Waals surface area contributed by atoms with Crippen LogP contribution in [0.3, 0.4) is 0 Å². The summed E-state index contributed by atoms with van der Waals surface area (Å²) in [4.78, 5) is 11.8. The number of nitriles is 2. The molecule has 108 valence electrons. The fourth-order valence-corrected chi connectivity index (χ4v) is 1.58. The highest BCUT2D eigenvalue weighted by molar-refractivity contribution is 6.01. The van der Waals surface area contributed by atoms with E-state index in [1.807, 2.05) is 19.1 Å². The third-order valence-electron chi connectivity index (χ3n) is 2.67. The molecule has 5 heteroatoms. The van der Waals surface area contributed by atoms with Gasteiger partial charge >= 0.3 is 0 Å². The van der Waals surface area contributed by atoms with Gasteiger partial charge in [-0.3, -0.25) is 4.79 Å². The van der Waals surface area contributed by atoms with Crippen LogP contribution in [0.5, 0.6) is 0 Å². The summed E-state index contributed by atoms with van der Waals surface area (Å²) in [5.74, 6) is -0.404. The molecule has 0 aliphatic carbocycles. The monoisotopic (exact) mass is 283 g/mol. The molecule has 0 aromatic heterocycles. The second-order valence-electron chi connectivity index (χ2n) is 4.21. The molecule has 0 radical (unpaired) electrons. The SMILES string of the molecule is CCOCCCNC(=O)/C(C#N)=C/c1ccc(C#N)cc1. The van der Waals surface area contributed by atoms with Gasteiger partial charge in [-0.1, -0.05) is 12.1 Å². The Balaban J connectivity index is 2.60. The van der Waals surface area contributed by atoms with Crippen LogP contribution in [-0.2, 0) is 9.53 Å². The summed E-state index contributed by atoms with van der Waals surface area (Å²) in [5, 5.41) is 20.4. The molecule has 0 atom stereocenters. The summed E-state index contributed by atoms with van der Waals surface area (Å²) in [6.45, 7) is 3.60. The van der Waals surface area contributed by atoms with Crippen LogP contribution in [0.15, 0.2) is 29.8 Å². The molecular formula is C16H17N3O2. The fourth-order valence-electron chi connectivity index (χ4n) is 1.58. The van der Waals surface area contributed by atoms with Crippen LogP contribution in [0, 0.1) is 22.7 Å². The van der Waals surface area contributed by atoms with Gasteiger partial charge in [0.05, 0.1) is 11.6 Å². The third kappa shape index (κ3) is 5.90. The standard InChI is InChI=1S/C16H17N3O2/c1-2-21-9-3-8-19-16(20)15(12-18)10-13-4-6-14(11-17)7-5-13/h4-7,10H,2-3,8-9H2,1H3,(H,19,20)/b15-10+. The molecule has 0 bridgehead atoms. The summed E-state index contributed by atoms with van der Waals surface area (Å²) >= 11 is 0. The van der Waals surface area contributed by atoms with E-state index in [0.29, 0.717) is 37.3 Å². The maximum absolute atomic E-state index is 11.8. The van der Waals surface area contributed by atoms with Crippen LogP contribution in [0.25, 0.3) is 6.08 Å². The lowest BCUT2D eigenvalue weighted by atomic mass is 10.1. The molecule has 0 aliphatic heterocycles. The third-order valence-corrected chi connectivity index (χ3v) is 2.67. The summed E-state index contributed by atoms with van der Waals surface area (Å²) in [6.07, 6.45) is 2.20. The molecule has 1 rings (SSSR count). The number of rotatable bonds is 7. The minimum absolute atomic E-state index is 0.0381. The molecule has 1 aromatic rings. The highest BCUT2D eigenvalue weighted by Crippen LogP contribution is 2.08. The van der Waals surface area contributed by atoms with Gasteiger partial charge in [-0.25, -0.2) is 0 Å². The molecule has 5 nitrogen and oxygen atoms in total. The van der Waals surface area contributed by atoms with E-state index in [-0.39, 0.29) is 5.57 Å². The van der Waals surface area contributed by atoms with Gasteiger partial charge in [-0.05, 0) is 37.1 Å². The lowest BCUT2D eigenvalue weighted by molar-refractivity contribution is -0.117. The zero-order chi connectivity index (χ0) is 15.5. The smallest absolute Gasteiger partial charge is 0.261 e. The van der Waals surface area contributed by atoms with E-state index < -0.39 is 5.91 Å². The van der Waals surface area contributed by atoms with E-state index in [2.05, 4.69) is 5.32 Å². The number of amides is 1. The highest BCUT2D eigenvalue weighted by Gasteiger charge is 2.08. The first-order chi connectivity index (χ1) is 10.2. The van der Waals surface area contributed by atoms with E-state index in [9.17, 15) is 4.79 Å².